The van der Waals surface area contributed by atoms with Crippen molar-refractivity contribution in [2.24, 2.45) is 5.92 Å². The van der Waals surface area contributed by atoms with E-state index in [9.17, 15) is 14.7 Å². The highest BCUT2D eigenvalue weighted by Crippen LogP contribution is 2.29. The van der Waals surface area contributed by atoms with Crippen LogP contribution in [0.15, 0.2) is 36.5 Å². The normalized spacial score (nSPS) is 14.9. The van der Waals surface area contributed by atoms with Crippen molar-refractivity contribution in [1.82, 2.24) is 4.98 Å². The zero-order valence-corrected chi connectivity index (χ0v) is 14.6. The second-order valence-electron chi connectivity index (χ2n) is 6.10. The Kier molecular flexibility index (Phi) is 5.27. The van der Waals surface area contributed by atoms with Gasteiger partial charge in [-0.25, -0.2) is 9.78 Å². The molecule has 2 aromatic rings. The number of amides is 1. The van der Waals surface area contributed by atoms with Gasteiger partial charge in [0.2, 0.25) is 5.91 Å². The molecule has 7 nitrogen and oxygen atoms in total. The van der Waals surface area contributed by atoms with E-state index in [1.54, 1.807) is 18.2 Å². The number of phenols is 1. The van der Waals surface area contributed by atoms with E-state index in [2.05, 4.69) is 10.3 Å². The lowest BCUT2D eigenvalue weighted by molar-refractivity contribution is -0.120. The number of aromatic carboxylic acids is 1. The summed E-state index contributed by atoms with van der Waals surface area (Å²) in [6.45, 7) is 1.16. The number of halogens is 1. The fourth-order valence-corrected chi connectivity index (χ4v) is 3.23. The maximum Gasteiger partial charge on any atom is 0.337 e. The Bertz CT molecular complexity index is 835. The molecule has 0 bridgehead atoms. The van der Waals surface area contributed by atoms with Crippen LogP contribution in [0.4, 0.5) is 11.5 Å². The molecule has 0 unspecified atom stereocenters. The molecule has 0 aliphatic carbocycles. The standard InChI is InChI=1S/C18H18ClN3O4/c19-13-9-12(18(25)26)10-20-16(13)22-7-5-11(6-8-22)17(24)21-14-3-1-2-4-15(14)23/h1-4,9-11,23H,5-8H2,(H,21,24)(H,25,26). The van der Waals surface area contributed by atoms with Crippen LogP contribution in [-0.4, -0.2) is 40.2 Å². The Hall–Kier alpha value is -2.80. The van der Waals surface area contributed by atoms with Gasteiger partial charge < -0.3 is 20.4 Å². The first-order valence-electron chi connectivity index (χ1n) is 8.18. The third kappa shape index (κ3) is 3.88. The number of aromatic hydroxyl groups is 1. The minimum atomic E-state index is -1.08. The van der Waals surface area contributed by atoms with Gasteiger partial charge in [-0.1, -0.05) is 23.7 Å². The average molecular weight is 376 g/mol. The summed E-state index contributed by atoms with van der Waals surface area (Å²) in [5.74, 6) is -0.830. The fourth-order valence-electron chi connectivity index (χ4n) is 2.95. The van der Waals surface area contributed by atoms with E-state index in [0.29, 0.717) is 37.4 Å². The summed E-state index contributed by atoms with van der Waals surface area (Å²) < 4.78 is 0. The molecular formula is C18H18ClN3O4. The predicted molar refractivity (Wildman–Crippen MR) is 97.9 cm³/mol. The third-order valence-corrected chi connectivity index (χ3v) is 4.67. The number of hydrogen-bond donors (Lipinski definition) is 3. The molecule has 1 saturated heterocycles. The van der Waals surface area contributed by atoms with Gasteiger partial charge in [0.1, 0.15) is 11.6 Å². The third-order valence-electron chi connectivity index (χ3n) is 4.40. The number of nitrogens with one attached hydrogen (secondary N) is 1. The minimum absolute atomic E-state index is 0.0350. The molecule has 0 saturated carbocycles. The van der Waals surface area contributed by atoms with Crippen molar-refractivity contribution in [1.29, 1.82) is 0 Å². The predicted octanol–water partition coefficient (Wildman–Crippen LogP) is 2.99. The number of hydrogen-bond acceptors (Lipinski definition) is 5. The summed E-state index contributed by atoms with van der Waals surface area (Å²) >= 11 is 6.16. The summed E-state index contributed by atoms with van der Waals surface area (Å²) in [5, 5.41) is 21.8. The van der Waals surface area contributed by atoms with Gasteiger partial charge >= 0.3 is 5.97 Å². The van der Waals surface area contributed by atoms with Crippen LogP contribution in [-0.2, 0) is 4.79 Å². The van der Waals surface area contributed by atoms with Crippen molar-refractivity contribution in [2.75, 3.05) is 23.3 Å². The quantitative estimate of drug-likeness (QED) is 0.710. The maximum absolute atomic E-state index is 12.4. The highest BCUT2D eigenvalue weighted by molar-refractivity contribution is 6.33. The molecule has 0 spiro atoms. The van der Waals surface area contributed by atoms with E-state index in [0.717, 1.165) is 0 Å². The van der Waals surface area contributed by atoms with Crippen LogP contribution in [0.3, 0.4) is 0 Å². The largest absolute Gasteiger partial charge is 0.506 e. The van der Waals surface area contributed by atoms with E-state index in [-0.39, 0.29) is 28.2 Å². The van der Waals surface area contributed by atoms with Gasteiger partial charge in [0.25, 0.3) is 0 Å². The molecule has 136 valence electrons. The number of nitrogens with zero attached hydrogens (tertiary/aromatic N) is 2. The monoisotopic (exact) mass is 375 g/mol. The van der Waals surface area contributed by atoms with E-state index < -0.39 is 5.97 Å². The van der Waals surface area contributed by atoms with E-state index in [1.807, 2.05) is 4.90 Å². The van der Waals surface area contributed by atoms with Crippen LogP contribution >= 0.6 is 11.6 Å². The Labute approximate surface area is 155 Å². The summed E-state index contributed by atoms with van der Waals surface area (Å²) in [4.78, 5) is 29.5. The van der Waals surface area contributed by atoms with Crippen LogP contribution in [0.1, 0.15) is 23.2 Å². The number of anilines is 2. The van der Waals surface area contributed by atoms with E-state index in [1.165, 1.54) is 18.3 Å². The molecule has 26 heavy (non-hydrogen) atoms. The molecule has 0 atom stereocenters. The summed E-state index contributed by atoms with van der Waals surface area (Å²) in [6.07, 6.45) is 2.50. The molecule has 8 heteroatoms. The first-order valence-corrected chi connectivity index (χ1v) is 8.56. The fraction of sp³-hybridized carbons (Fsp3) is 0.278. The van der Waals surface area contributed by atoms with Crippen molar-refractivity contribution < 1.29 is 19.8 Å². The lowest BCUT2D eigenvalue weighted by Gasteiger charge is -2.32. The van der Waals surface area contributed by atoms with Gasteiger partial charge in [0.05, 0.1) is 16.3 Å². The Morgan fingerprint density at radius 3 is 2.54 bits per heavy atom. The van der Waals surface area contributed by atoms with Crippen molar-refractivity contribution in [3.63, 3.8) is 0 Å². The van der Waals surface area contributed by atoms with Crippen molar-refractivity contribution in [3.8, 4) is 5.75 Å². The molecule has 3 N–H and O–H groups in total. The summed E-state index contributed by atoms with van der Waals surface area (Å²) in [7, 11) is 0. The number of carbonyl (C=O) groups is 2. The number of carbonyl (C=O) groups excluding carboxylic acids is 1. The molecule has 0 radical (unpaired) electrons. The van der Waals surface area contributed by atoms with Crippen molar-refractivity contribution in [3.05, 3.63) is 47.1 Å². The number of benzene rings is 1. The number of rotatable bonds is 4. The van der Waals surface area contributed by atoms with Gasteiger partial charge in [-0.15, -0.1) is 0 Å². The molecule has 1 aromatic carbocycles. The van der Waals surface area contributed by atoms with Gasteiger partial charge in [0, 0.05) is 25.2 Å². The molecule has 1 fully saturated rings. The molecule has 1 aliphatic rings. The smallest absolute Gasteiger partial charge is 0.337 e. The van der Waals surface area contributed by atoms with E-state index in [4.69, 9.17) is 16.7 Å². The number of carboxylic acid groups (broad SMARTS) is 1. The minimum Gasteiger partial charge on any atom is -0.506 e. The van der Waals surface area contributed by atoms with Gasteiger partial charge in [-0.2, -0.15) is 0 Å². The van der Waals surface area contributed by atoms with Crippen molar-refractivity contribution in [2.45, 2.75) is 12.8 Å². The van der Waals surface area contributed by atoms with Gasteiger partial charge in [-0.05, 0) is 31.0 Å². The van der Waals surface area contributed by atoms with Crippen molar-refractivity contribution >= 4 is 35.0 Å². The molecule has 1 aromatic heterocycles. The maximum atomic E-state index is 12.4. The van der Waals surface area contributed by atoms with Gasteiger partial charge in [0.15, 0.2) is 0 Å². The van der Waals surface area contributed by atoms with Crippen LogP contribution in [0, 0.1) is 5.92 Å². The lowest BCUT2D eigenvalue weighted by Crippen LogP contribution is -2.38. The SMILES string of the molecule is O=C(O)c1cnc(N2CCC(C(=O)Nc3ccccc3O)CC2)c(Cl)c1. The second kappa shape index (κ2) is 7.61. The zero-order valence-electron chi connectivity index (χ0n) is 13.9. The van der Waals surface area contributed by atoms with Crippen LogP contribution in [0.25, 0.3) is 0 Å². The summed E-state index contributed by atoms with van der Waals surface area (Å²) in [5.41, 5.74) is 0.435. The highest BCUT2D eigenvalue weighted by atomic mass is 35.5. The Balaban J connectivity index is 1.61. The number of piperidine rings is 1. The Morgan fingerprint density at radius 2 is 1.92 bits per heavy atom. The van der Waals surface area contributed by atoms with Crippen LogP contribution in [0.2, 0.25) is 5.02 Å². The molecule has 3 rings (SSSR count). The molecular weight excluding hydrogens is 358 g/mol. The first-order chi connectivity index (χ1) is 12.5. The number of carboxylic acids is 1. The Morgan fingerprint density at radius 1 is 1.23 bits per heavy atom. The molecule has 1 amide bonds. The first kappa shape index (κ1) is 18.0. The number of pyridine rings is 1. The van der Waals surface area contributed by atoms with Crippen LogP contribution < -0.4 is 10.2 Å². The molecule has 2 heterocycles. The van der Waals surface area contributed by atoms with Gasteiger partial charge in [-0.3, -0.25) is 4.79 Å². The van der Waals surface area contributed by atoms with Crippen LogP contribution in [0.5, 0.6) is 5.75 Å². The highest BCUT2D eigenvalue weighted by Gasteiger charge is 2.27. The lowest BCUT2D eigenvalue weighted by atomic mass is 9.95. The number of aromatic nitrogens is 1. The zero-order chi connectivity index (χ0) is 18.7. The number of phenolic OH excluding ortho intramolecular Hbond substituents is 1. The van der Waals surface area contributed by atoms with E-state index >= 15 is 0 Å². The average Bonchev–Trinajstić information content (AvgIpc) is 2.63. The second-order valence-corrected chi connectivity index (χ2v) is 6.51. The molecule has 1 aliphatic heterocycles. The topological polar surface area (TPSA) is 103 Å². The summed E-state index contributed by atoms with van der Waals surface area (Å²) in [6, 6.07) is 7.98. The number of para-hydroxylation sites is 2.